The van der Waals surface area contributed by atoms with Crippen molar-refractivity contribution in [2.75, 3.05) is 13.2 Å². The largest absolute Gasteiger partial charge is 0.484 e. The second kappa shape index (κ2) is 13.0. The van der Waals surface area contributed by atoms with Crippen LogP contribution in [0.15, 0.2) is 77.3 Å². The summed E-state index contributed by atoms with van der Waals surface area (Å²) in [6.07, 6.45) is 1.06. The summed E-state index contributed by atoms with van der Waals surface area (Å²) in [6, 6.07) is 20.4. The molecule has 3 aromatic rings. The number of aryl methyl sites for hydroxylation is 1. The number of amides is 2. The minimum Gasteiger partial charge on any atom is -0.484 e. The second-order valence-corrected chi connectivity index (χ2v) is 9.16. The topological polar surface area (TPSA) is 58.6 Å². The maximum atomic E-state index is 14.6. The molecule has 35 heavy (non-hydrogen) atoms. The Hall–Kier alpha value is -3.19. The Morgan fingerprint density at radius 1 is 1.06 bits per heavy atom. The summed E-state index contributed by atoms with van der Waals surface area (Å²) >= 11 is 3.45. The van der Waals surface area contributed by atoms with Crippen molar-refractivity contribution in [3.8, 4) is 5.75 Å². The molecule has 0 bridgehead atoms. The highest BCUT2D eigenvalue weighted by molar-refractivity contribution is 9.10. The number of nitrogens with zero attached hydrogens (tertiary/aromatic N) is 1. The summed E-state index contributed by atoms with van der Waals surface area (Å²) in [6.45, 7) is 4.05. The maximum absolute atomic E-state index is 14.6. The predicted octanol–water partition coefficient (Wildman–Crippen LogP) is 5.44. The van der Waals surface area contributed by atoms with Gasteiger partial charge >= 0.3 is 0 Å². The summed E-state index contributed by atoms with van der Waals surface area (Å²) in [5.41, 5.74) is 2.21. The summed E-state index contributed by atoms with van der Waals surface area (Å²) < 4.78 is 21.3. The molecule has 0 aromatic heterocycles. The lowest BCUT2D eigenvalue weighted by Crippen LogP contribution is -2.52. The van der Waals surface area contributed by atoms with Gasteiger partial charge in [0.15, 0.2) is 6.61 Å². The zero-order valence-corrected chi connectivity index (χ0v) is 21.6. The van der Waals surface area contributed by atoms with Crippen LogP contribution in [0, 0.1) is 12.7 Å². The third-order valence-corrected chi connectivity index (χ3v) is 6.50. The number of nitrogens with one attached hydrogen (secondary N) is 1. The number of hydrogen-bond donors (Lipinski definition) is 1. The van der Waals surface area contributed by atoms with Crippen molar-refractivity contribution in [2.24, 2.45) is 0 Å². The number of carbonyl (C=O) groups is 2. The van der Waals surface area contributed by atoms with Gasteiger partial charge < -0.3 is 15.0 Å². The van der Waals surface area contributed by atoms with Crippen LogP contribution in [0.5, 0.6) is 5.75 Å². The highest BCUT2D eigenvalue weighted by atomic mass is 79.9. The zero-order chi connectivity index (χ0) is 25.2. The SMILES string of the molecule is CCCNC(=O)[C@H](Cc1ccccc1)N(Cc1ccccc1F)C(=O)COc1ccc(Br)c(C)c1. The molecule has 3 aromatic carbocycles. The van der Waals surface area contributed by atoms with Crippen molar-refractivity contribution >= 4 is 27.7 Å². The Bertz CT molecular complexity index is 1140. The number of carbonyl (C=O) groups excluding carboxylic acids is 2. The van der Waals surface area contributed by atoms with Gasteiger partial charge in [0.25, 0.3) is 5.91 Å². The van der Waals surface area contributed by atoms with Crippen molar-refractivity contribution < 1.29 is 18.7 Å². The molecule has 0 spiro atoms. The van der Waals surface area contributed by atoms with Crippen molar-refractivity contribution in [3.63, 3.8) is 0 Å². The van der Waals surface area contributed by atoms with Crippen LogP contribution in [-0.2, 0) is 22.6 Å². The molecule has 0 radical (unpaired) electrons. The molecule has 0 saturated heterocycles. The van der Waals surface area contributed by atoms with E-state index in [1.165, 1.54) is 11.0 Å². The fraction of sp³-hybridized carbons (Fsp3) is 0.286. The molecule has 0 fully saturated rings. The smallest absolute Gasteiger partial charge is 0.261 e. The van der Waals surface area contributed by atoms with Crippen LogP contribution in [0.4, 0.5) is 4.39 Å². The summed E-state index contributed by atoms with van der Waals surface area (Å²) in [7, 11) is 0. The van der Waals surface area contributed by atoms with E-state index >= 15 is 0 Å². The molecule has 1 N–H and O–H groups in total. The van der Waals surface area contributed by atoms with Crippen molar-refractivity contribution in [1.29, 1.82) is 0 Å². The third-order valence-electron chi connectivity index (χ3n) is 5.61. The molecule has 0 aliphatic rings. The van der Waals surface area contributed by atoms with Crippen molar-refractivity contribution in [3.05, 3.63) is 99.8 Å². The van der Waals surface area contributed by atoms with Gasteiger partial charge in [-0.3, -0.25) is 9.59 Å². The maximum Gasteiger partial charge on any atom is 0.261 e. The number of hydrogen-bond acceptors (Lipinski definition) is 3. The molecule has 5 nitrogen and oxygen atoms in total. The Morgan fingerprint density at radius 3 is 2.46 bits per heavy atom. The van der Waals surface area contributed by atoms with Crippen molar-refractivity contribution in [1.82, 2.24) is 10.2 Å². The first-order chi connectivity index (χ1) is 16.9. The minimum absolute atomic E-state index is 0.0503. The van der Waals surface area contributed by atoms with E-state index in [0.29, 0.717) is 24.3 Å². The first-order valence-electron chi connectivity index (χ1n) is 11.6. The van der Waals surface area contributed by atoms with Crippen LogP contribution in [0.3, 0.4) is 0 Å². The molecule has 2 amide bonds. The average Bonchev–Trinajstić information content (AvgIpc) is 2.86. The number of ether oxygens (including phenoxy) is 1. The highest BCUT2D eigenvalue weighted by Gasteiger charge is 2.31. The first-order valence-corrected chi connectivity index (χ1v) is 12.4. The molecular formula is C28H30BrFN2O3. The predicted molar refractivity (Wildman–Crippen MR) is 139 cm³/mol. The van der Waals surface area contributed by atoms with Crippen LogP contribution < -0.4 is 10.1 Å². The van der Waals surface area contributed by atoms with E-state index in [4.69, 9.17) is 4.74 Å². The van der Waals surface area contributed by atoms with E-state index in [2.05, 4.69) is 21.2 Å². The van der Waals surface area contributed by atoms with E-state index in [-0.39, 0.29) is 19.1 Å². The van der Waals surface area contributed by atoms with Gasteiger partial charge in [-0.2, -0.15) is 0 Å². The van der Waals surface area contributed by atoms with Gasteiger partial charge in [-0.1, -0.05) is 71.4 Å². The van der Waals surface area contributed by atoms with Crippen LogP contribution in [0.1, 0.15) is 30.0 Å². The average molecular weight is 541 g/mol. The summed E-state index contributed by atoms with van der Waals surface area (Å²) in [4.78, 5) is 28.1. The van der Waals surface area contributed by atoms with Crippen LogP contribution in [0.25, 0.3) is 0 Å². The van der Waals surface area contributed by atoms with E-state index in [0.717, 1.165) is 22.0 Å². The molecule has 1 atom stereocenters. The monoisotopic (exact) mass is 540 g/mol. The van der Waals surface area contributed by atoms with Gasteiger partial charge in [-0.15, -0.1) is 0 Å². The summed E-state index contributed by atoms with van der Waals surface area (Å²) in [5.74, 6) is -0.566. The molecule has 3 rings (SSSR count). The summed E-state index contributed by atoms with van der Waals surface area (Å²) in [5, 5.41) is 2.90. The number of benzene rings is 3. The molecular weight excluding hydrogens is 511 g/mol. The lowest BCUT2D eigenvalue weighted by atomic mass is 10.0. The Labute approximate surface area is 214 Å². The Balaban J connectivity index is 1.90. The quantitative estimate of drug-likeness (QED) is 0.352. The van der Waals surface area contributed by atoms with E-state index in [1.807, 2.05) is 56.3 Å². The number of rotatable bonds is 11. The van der Waals surface area contributed by atoms with Crippen LogP contribution >= 0.6 is 15.9 Å². The van der Waals surface area contributed by atoms with E-state index in [9.17, 15) is 14.0 Å². The van der Waals surface area contributed by atoms with Crippen LogP contribution in [0.2, 0.25) is 0 Å². The van der Waals surface area contributed by atoms with Crippen LogP contribution in [-0.4, -0.2) is 35.9 Å². The molecule has 0 aliphatic carbocycles. The lowest BCUT2D eigenvalue weighted by molar-refractivity contribution is -0.142. The highest BCUT2D eigenvalue weighted by Crippen LogP contribution is 2.22. The number of halogens is 2. The lowest BCUT2D eigenvalue weighted by Gasteiger charge is -2.31. The Kier molecular flexibility index (Phi) is 9.85. The first kappa shape index (κ1) is 26.4. The Morgan fingerprint density at radius 2 is 1.77 bits per heavy atom. The fourth-order valence-corrected chi connectivity index (χ4v) is 3.91. The second-order valence-electron chi connectivity index (χ2n) is 8.31. The van der Waals surface area contributed by atoms with Crippen molar-refractivity contribution in [2.45, 2.75) is 39.3 Å². The van der Waals surface area contributed by atoms with Gasteiger partial charge in [-0.05, 0) is 48.7 Å². The van der Waals surface area contributed by atoms with E-state index < -0.39 is 17.8 Å². The van der Waals surface area contributed by atoms with Gasteiger partial charge in [0.1, 0.15) is 17.6 Å². The zero-order valence-electron chi connectivity index (χ0n) is 20.0. The molecule has 0 saturated carbocycles. The van der Waals surface area contributed by atoms with Gasteiger partial charge in [0.2, 0.25) is 5.91 Å². The van der Waals surface area contributed by atoms with E-state index in [1.54, 1.807) is 24.3 Å². The minimum atomic E-state index is -0.827. The fourth-order valence-electron chi connectivity index (χ4n) is 3.67. The normalized spacial score (nSPS) is 11.5. The molecule has 184 valence electrons. The molecule has 0 heterocycles. The molecule has 7 heteroatoms. The molecule has 0 aliphatic heterocycles. The van der Waals surface area contributed by atoms with Gasteiger partial charge in [-0.25, -0.2) is 4.39 Å². The standard InChI is InChI=1S/C28H30BrFN2O3/c1-3-15-31-28(34)26(17-21-9-5-4-6-10-21)32(18-22-11-7-8-12-25(22)30)27(33)19-35-23-13-14-24(29)20(2)16-23/h4-14,16,26H,3,15,17-19H2,1-2H3,(H,31,34)/t26-/m0/s1. The molecule has 0 unspecified atom stereocenters. The van der Waals surface area contributed by atoms with Gasteiger partial charge in [0, 0.05) is 29.5 Å². The van der Waals surface area contributed by atoms with Gasteiger partial charge in [0.05, 0.1) is 0 Å². The third kappa shape index (κ3) is 7.65.